The van der Waals surface area contributed by atoms with Crippen LogP contribution < -0.4 is 82.7 Å². The van der Waals surface area contributed by atoms with Gasteiger partial charge in [-0.25, -0.2) is 0 Å². The van der Waals surface area contributed by atoms with Crippen LogP contribution in [-0.4, -0.2) is 197 Å². The minimum Gasteiger partial charge on any atom is -0.370 e. The molecule has 2 aliphatic rings. The number of likely N-dealkylation sites (tertiary alicyclic amines) is 2. The molecule has 0 unspecified atom stereocenters. The Morgan fingerprint density at radius 2 is 0.929 bits per heavy atom. The summed E-state index contributed by atoms with van der Waals surface area (Å²) < 4.78 is 0. The number of hydrogen-bond donors (Lipinski definition) is 15. The smallest absolute Gasteiger partial charge is 0.245 e. The number of unbranched alkanes of at least 4 members (excludes halogenated alkanes) is 2. The van der Waals surface area contributed by atoms with Gasteiger partial charge in [-0.1, -0.05) is 94.3 Å². The number of rotatable bonds is 45. The quantitative estimate of drug-likeness (QED) is 0.0191. The van der Waals surface area contributed by atoms with E-state index in [-0.39, 0.29) is 89.4 Å². The van der Waals surface area contributed by atoms with Crippen molar-refractivity contribution in [2.75, 3.05) is 38.2 Å². The van der Waals surface area contributed by atoms with E-state index in [1.165, 1.54) is 21.6 Å². The monoisotopic (exact) mass is 1400 g/mol. The van der Waals surface area contributed by atoms with Crippen LogP contribution in [-0.2, 0) is 75.2 Å². The molecule has 13 amide bonds. The molecule has 0 radical (unpaired) electrons. The van der Waals surface area contributed by atoms with Gasteiger partial charge in [-0.3, -0.25) is 67.3 Å². The molecule has 2 aromatic rings. The molecule has 0 spiro atoms. The highest BCUT2D eigenvalue weighted by atomic mass is 32.2. The van der Waals surface area contributed by atoms with Crippen LogP contribution in [0.4, 0.5) is 0 Å². The number of nitrogens with zero attached hydrogens (tertiary/aromatic N) is 3. The number of thioether (sulfide) groups is 1. The normalized spacial score (nSPS) is 17.0. The van der Waals surface area contributed by atoms with E-state index in [9.17, 15) is 62.3 Å². The Balaban J connectivity index is 1.62. The number of amides is 13. The number of aliphatic imine (C=N–C) groups is 1. The average molecular weight is 1400 g/mol. The molecule has 2 fully saturated rings. The van der Waals surface area contributed by atoms with Gasteiger partial charge in [0.25, 0.3) is 0 Å². The first-order valence-corrected chi connectivity index (χ1v) is 35.5. The summed E-state index contributed by atoms with van der Waals surface area (Å²) in [5.41, 5.74) is 40.8. The summed E-state index contributed by atoms with van der Waals surface area (Å²) in [6.45, 7) is 6.45. The second kappa shape index (κ2) is 43.5. The maximum Gasteiger partial charge on any atom is 0.245 e. The van der Waals surface area contributed by atoms with Crippen molar-refractivity contribution in [2.24, 2.45) is 51.0 Å². The fraction of sp³-hybridized carbons (Fsp3) is 0.612. The maximum atomic E-state index is 14.9. The lowest BCUT2D eigenvalue weighted by Crippen LogP contribution is -2.61. The van der Waals surface area contributed by atoms with E-state index in [0.29, 0.717) is 68.2 Å². The fourth-order valence-electron chi connectivity index (χ4n) is 11.7. The van der Waals surface area contributed by atoms with Gasteiger partial charge < -0.3 is 92.5 Å². The minimum atomic E-state index is -1.65. The van der Waals surface area contributed by atoms with Crippen molar-refractivity contribution in [2.45, 2.75) is 216 Å². The summed E-state index contributed by atoms with van der Waals surface area (Å²) in [7, 11) is 0. The summed E-state index contributed by atoms with van der Waals surface area (Å²) in [6.07, 6.45) is 4.32. The number of primary amides is 3. The molecule has 11 atom stereocenters. The SMILES string of the molecule is CCCC[C@H](NC(=O)[C@H](Cc1ccccc1)NC(=O)[C@H](Cc1ccccc1)NC(=O)[C@H](CCC(N)=O)NC(=O)[C@H](CCC(N)=O)NC(=O)[C@@H]1CCCN1C(=O)[C@H](CCCCN)NC(=O)[C@@H]1CCCN1C(=O)[C@@H](N)CCCN=C(N)N)C(=O)N[C@@H](CC(C)C)C(=O)N[C@@H](CCSC)C(N)=O. The van der Waals surface area contributed by atoms with E-state index in [1.54, 1.807) is 60.7 Å². The van der Waals surface area contributed by atoms with Crippen LogP contribution in [0.25, 0.3) is 0 Å². The van der Waals surface area contributed by atoms with Gasteiger partial charge in [0.1, 0.15) is 60.4 Å². The molecule has 2 aliphatic heterocycles. The standard InChI is InChI=1S/C67H106N18O13S/c1-5-6-23-45(57(89)81-49(37-40(2)3)60(92)76-44(56(72)88)31-36-99-4)77-61(93)50(38-41-18-9-7-10-19-41)83-62(94)51(39-42-20-11-8-12-21-42)82-59(91)46(27-29-54(70)86)78-58(90)47(28-30-55(71)87)79-63(95)53-26-17-35-85(53)66(98)48(24-13-14-32-68)80-64(96)52-25-16-34-84(52)65(97)43(69)22-15-33-75-67(73)74/h7-12,18-21,40,43-53H,5-6,13-17,22-39,68-69H2,1-4H3,(H2,70,86)(H2,71,87)(H2,72,88)(H,76,92)(H,77,93)(H,78,90)(H,79,95)(H,80,96)(H,81,89)(H,82,91)(H,83,94)(H4,73,74,75)/t43-,44-,45-,46-,47-,48-,49-,50-,51-,52-,53-/m0/s1. The molecule has 0 aromatic heterocycles. The molecule has 2 heterocycles. The highest BCUT2D eigenvalue weighted by Gasteiger charge is 2.43. The minimum absolute atomic E-state index is 0.0731. The second-order valence-corrected chi connectivity index (χ2v) is 26.5. The third-order valence-corrected chi connectivity index (χ3v) is 17.7. The lowest BCUT2D eigenvalue weighted by Gasteiger charge is -2.32. The van der Waals surface area contributed by atoms with Gasteiger partial charge >= 0.3 is 0 Å². The van der Waals surface area contributed by atoms with Crippen molar-refractivity contribution in [3.05, 3.63) is 71.8 Å². The van der Waals surface area contributed by atoms with Gasteiger partial charge in [0.2, 0.25) is 76.8 Å². The maximum absolute atomic E-state index is 14.9. The van der Waals surface area contributed by atoms with Crippen molar-refractivity contribution in [1.29, 1.82) is 0 Å². The predicted molar refractivity (Wildman–Crippen MR) is 374 cm³/mol. The van der Waals surface area contributed by atoms with Gasteiger partial charge in [0.15, 0.2) is 5.96 Å². The van der Waals surface area contributed by atoms with E-state index in [2.05, 4.69) is 47.5 Å². The van der Waals surface area contributed by atoms with Crippen LogP contribution >= 0.6 is 11.8 Å². The molecule has 0 aliphatic carbocycles. The summed E-state index contributed by atoms with van der Waals surface area (Å²) in [4.78, 5) is 188. The molecule has 4 rings (SSSR count). The van der Waals surface area contributed by atoms with E-state index >= 15 is 0 Å². The third kappa shape index (κ3) is 28.8. The number of carbonyl (C=O) groups is 13. The molecule has 22 N–H and O–H groups in total. The molecule has 32 heteroatoms. The van der Waals surface area contributed by atoms with Gasteiger partial charge in [0.05, 0.1) is 6.04 Å². The Bertz CT molecular complexity index is 3050. The number of nitrogens with two attached hydrogens (primary N) is 7. The second-order valence-electron chi connectivity index (χ2n) is 25.6. The highest BCUT2D eigenvalue weighted by Crippen LogP contribution is 2.24. The number of benzene rings is 2. The first-order valence-electron chi connectivity index (χ1n) is 34.2. The van der Waals surface area contributed by atoms with Gasteiger partial charge in [-0.05, 0) is 125 Å². The predicted octanol–water partition coefficient (Wildman–Crippen LogP) is -2.15. The zero-order chi connectivity index (χ0) is 73.1. The molecule has 0 saturated carbocycles. The van der Waals surface area contributed by atoms with E-state index in [0.717, 1.165) is 0 Å². The molecule has 99 heavy (non-hydrogen) atoms. The average Bonchev–Trinajstić information content (AvgIpc) is 1.75. The molecule has 31 nitrogen and oxygen atoms in total. The van der Waals surface area contributed by atoms with Crippen molar-refractivity contribution in [3.63, 3.8) is 0 Å². The van der Waals surface area contributed by atoms with E-state index < -0.39 is 169 Å². The zero-order valence-electron chi connectivity index (χ0n) is 57.5. The van der Waals surface area contributed by atoms with Crippen LogP contribution in [0.15, 0.2) is 65.7 Å². The number of guanidine groups is 1. The lowest BCUT2D eigenvalue weighted by molar-refractivity contribution is -0.144. The van der Waals surface area contributed by atoms with Crippen LogP contribution in [0.1, 0.15) is 147 Å². The third-order valence-electron chi connectivity index (χ3n) is 17.1. The number of nitrogens with one attached hydrogen (secondary N) is 8. The largest absolute Gasteiger partial charge is 0.370 e. The van der Waals surface area contributed by atoms with Crippen molar-refractivity contribution in [3.8, 4) is 0 Å². The Labute approximate surface area is 583 Å². The summed E-state index contributed by atoms with van der Waals surface area (Å²) in [5.74, 6) is -9.67. The van der Waals surface area contributed by atoms with Gasteiger partial charge in [-0.2, -0.15) is 11.8 Å². The topological polar surface area (TPSA) is 519 Å². The molecule has 2 saturated heterocycles. The molecular weight excluding hydrogens is 1300 g/mol. The molecule has 548 valence electrons. The zero-order valence-corrected chi connectivity index (χ0v) is 58.3. The number of carbonyl (C=O) groups excluding carboxylic acids is 13. The van der Waals surface area contributed by atoms with Crippen LogP contribution in [0.5, 0.6) is 0 Å². The Hall–Kier alpha value is -8.91. The molecule has 2 aromatic carbocycles. The van der Waals surface area contributed by atoms with Crippen molar-refractivity contribution >= 4 is 94.5 Å². The first-order chi connectivity index (χ1) is 47.2. The van der Waals surface area contributed by atoms with Gasteiger partial charge in [-0.15, -0.1) is 0 Å². The lowest BCUT2D eigenvalue weighted by atomic mass is 10.00. The Morgan fingerprint density at radius 3 is 1.38 bits per heavy atom. The van der Waals surface area contributed by atoms with Gasteiger partial charge in [0, 0.05) is 45.3 Å². The Morgan fingerprint density at radius 1 is 0.505 bits per heavy atom. The summed E-state index contributed by atoms with van der Waals surface area (Å²) in [5, 5.41) is 21.7. The van der Waals surface area contributed by atoms with Crippen LogP contribution in [0.3, 0.4) is 0 Å². The fourth-order valence-corrected chi connectivity index (χ4v) is 12.2. The van der Waals surface area contributed by atoms with Crippen LogP contribution in [0.2, 0.25) is 0 Å². The van der Waals surface area contributed by atoms with Crippen molar-refractivity contribution < 1.29 is 62.3 Å². The Kier molecular flexibility index (Phi) is 36.2. The number of hydrogen-bond acceptors (Lipinski definition) is 17. The van der Waals surface area contributed by atoms with Crippen molar-refractivity contribution in [1.82, 2.24) is 52.3 Å². The van der Waals surface area contributed by atoms with Crippen LogP contribution in [0, 0.1) is 5.92 Å². The molecule has 0 bridgehead atoms. The van der Waals surface area contributed by atoms with E-state index in [4.69, 9.17) is 40.1 Å². The highest BCUT2D eigenvalue weighted by molar-refractivity contribution is 7.98. The van der Waals surface area contributed by atoms with E-state index in [1.807, 2.05) is 27.0 Å². The molecular formula is C67H106N18O13S. The first kappa shape index (κ1) is 82.5. The summed E-state index contributed by atoms with van der Waals surface area (Å²) >= 11 is 1.46. The summed E-state index contributed by atoms with van der Waals surface area (Å²) in [6, 6.07) is 3.37.